The predicted molar refractivity (Wildman–Crippen MR) is 113 cm³/mol. The number of fused-ring (bicyclic) bond motifs is 1. The number of benzene rings is 3. The van der Waals surface area contributed by atoms with E-state index < -0.39 is 0 Å². The molecule has 0 spiro atoms. The van der Waals surface area contributed by atoms with Crippen LogP contribution in [0.3, 0.4) is 0 Å². The smallest absolute Gasteiger partial charge is 0.244 e. The molecule has 1 aromatic heterocycles. The Balaban J connectivity index is 1.33. The summed E-state index contributed by atoms with van der Waals surface area (Å²) in [5.74, 6) is 2.17. The zero-order valence-corrected chi connectivity index (χ0v) is 16.4. The van der Waals surface area contributed by atoms with Crippen molar-refractivity contribution in [3.63, 3.8) is 0 Å². The number of ether oxygens (including phenoxy) is 1. The van der Waals surface area contributed by atoms with Gasteiger partial charge in [-0.3, -0.25) is 0 Å². The Morgan fingerprint density at radius 1 is 1.03 bits per heavy atom. The van der Waals surface area contributed by atoms with Crippen molar-refractivity contribution in [1.82, 2.24) is 15.5 Å². The van der Waals surface area contributed by atoms with Gasteiger partial charge in [-0.2, -0.15) is 4.98 Å². The SMILES string of the molecule is Cc1ccc(COc2ccc3cc(-c4noc(C5CCCN5)n4)ccc3c2)cc1. The molecule has 4 aromatic rings. The summed E-state index contributed by atoms with van der Waals surface area (Å²) in [5, 5.41) is 9.81. The van der Waals surface area contributed by atoms with Crippen LogP contribution in [0.25, 0.3) is 22.2 Å². The molecule has 0 saturated carbocycles. The normalized spacial score (nSPS) is 16.4. The minimum absolute atomic E-state index is 0.185. The van der Waals surface area contributed by atoms with Gasteiger partial charge in [-0.1, -0.05) is 53.2 Å². The van der Waals surface area contributed by atoms with Crippen molar-refractivity contribution in [3.8, 4) is 17.1 Å². The molecule has 5 nitrogen and oxygen atoms in total. The second-order valence-electron chi connectivity index (χ2n) is 7.60. The van der Waals surface area contributed by atoms with Crippen LogP contribution in [0.5, 0.6) is 5.75 Å². The Labute approximate surface area is 169 Å². The zero-order chi connectivity index (χ0) is 19.6. The molecule has 2 heterocycles. The van der Waals surface area contributed by atoms with Gasteiger partial charge in [0.05, 0.1) is 6.04 Å². The van der Waals surface area contributed by atoms with E-state index >= 15 is 0 Å². The van der Waals surface area contributed by atoms with Crippen LogP contribution in [0.2, 0.25) is 0 Å². The average molecular weight is 385 g/mol. The Hall–Kier alpha value is -3.18. The first kappa shape index (κ1) is 17.9. The van der Waals surface area contributed by atoms with E-state index in [9.17, 15) is 0 Å². The summed E-state index contributed by atoms with van der Waals surface area (Å²) in [4.78, 5) is 4.59. The fourth-order valence-corrected chi connectivity index (χ4v) is 3.69. The molecule has 5 rings (SSSR count). The highest BCUT2D eigenvalue weighted by Crippen LogP contribution is 2.28. The Morgan fingerprint density at radius 3 is 2.69 bits per heavy atom. The molecular formula is C24H23N3O2. The van der Waals surface area contributed by atoms with Crippen molar-refractivity contribution in [3.05, 3.63) is 77.7 Å². The lowest BCUT2D eigenvalue weighted by Crippen LogP contribution is -2.12. The number of rotatable bonds is 5. The molecule has 0 radical (unpaired) electrons. The predicted octanol–water partition coefficient (Wildman–Crippen LogP) is 5.20. The highest BCUT2D eigenvalue weighted by Gasteiger charge is 2.22. The standard InChI is InChI=1S/C24H23N3O2/c1-16-4-6-17(7-5-16)15-28-21-11-10-18-13-20(9-8-19(18)14-21)23-26-24(29-27-23)22-3-2-12-25-22/h4-11,13-14,22,25H,2-3,12,15H2,1H3. The van der Waals surface area contributed by atoms with Gasteiger partial charge in [0.2, 0.25) is 11.7 Å². The molecule has 1 aliphatic heterocycles. The maximum atomic E-state index is 5.97. The van der Waals surface area contributed by atoms with Crippen molar-refractivity contribution < 1.29 is 9.26 Å². The molecule has 1 fully saturated rings. The topological polar surface area (TPSA) is 60.2 Å². The molecule has 1 aliphatic rings. The number of nitrogens with zero attached hydrogens (tertiary/aromatic N) is 2. The molecule has 1 N–H and O–H groups in total. The van der Waals surface area contributed by atoms with Gasteiger partial charge in [-0.15, -0.1) is 0 Å². The Morgan fingerprint density at radius 2 is 1.86 bits per heavy atom. The average Bonchev–Trinajstić information content (AvgIpc) is 3.45. The summed E-state index contributed by atoms with van der Waals surface area (Å²) in [6.45, 7) is 3.65. The van der Waals surface area contributed by atoms with Crippen LogP contribution >= 0.6 is 0 Å². The van der Waals surface area contributed by atoms with Gasteiger partial charge in [-0.25, -0.2) is 0 Å². The lowest BCUT2D eigenvalue weighted by Gasteiger charge is -2.08. The van der Waals surface area contributed by atoms with E-state index in [1.807, 2.05) is 12.1 Å². The van der Waals surface area contributed by atoms with Gasteiger partial charge >= 0.3 is 0 Å². The molecule has 5 heteroatoms. The maximum absolute atomic E-state index is 5.97. The fourth-order valence-electron chi connectivity index (χ4n) is 3.69. The fraction of sp³-hybridized carbons (Fsp3) is 0.250. The Kier molecular flexibility index (Phi) is 4.74. The molecular weight excluding hydrogens is 362 g/mol. The number of aromatic nitrogens is 2. The van der Waals surface area contributed by atoms with E-state index in [0.717, 1.165) is 47.0 Å². The molecule has 0 bridgehead atoms. The van der Waals surface area contributed by atoms with Crippen molar-refractivity contribution in [2.45, 2.75) is 32.4 Å². The highest BCUT2D eigenvalue weighted by atomic mass is 16.5. The van der Waals surface area contributed by atoms with Gasteiger partial charge in [0.1, 0.15) is 12.4 Å². The highest BCUT2D eigenvalue weighted by molar-refractivity contribution is 5.87. The molecule has 1 unspecified atom stereocenters. The molecule has 0 amide bonds. The van der Waals surface area contributed by atoms with Gasteiger partial charge in [0.25, 0.3) is 0 Å². The molecule has 1 saturated heterocycles. The molecule has 29 heavy (non-hydrogen) atoms. The van der Waals surface area contributed by atoms with E-state index in [1.54, 1.807) is 0 Å². The summed E-state index contributed by atoms with van der Waals surface area (Å²) in [7, 11) is 0. The van der Waals surface area contributed by atoms with Crippen LogP contribution in [0, 0.1) is 6.92 Å². The van der Waals surface area contributed by atoms with E-state index in [1.165, 1.54) is 5.56 Å². The lowest BCUT2D eigenvalue weighted by molar-refractivity contribution is 0.306. The zero-order valence-electron chi connectivity index (χ0n) is 16.4. The first-order chi connectivity index (χ1) is 14.2. The minimum atomic E-state index is 0.185. The summed E-state index contributed by atoms with van der Waals surface area (Å²) < 4.78 is 11.4. The summed E-state index contributed by atoms with van der Waals surface area (Å²) in [6.07, 6.45) is 2.19. The summed E-state index contributed by atoms with van der Waals surface area (Å²) in [5.41, 5.74) is 3.37. The molecule has 0 aliphatic carbocycles. The van der Waals surface area contributed by atoms with E-state index in [0.29, 0.717) is 18.3 Å². The quantitative estimate of drug-likeness (QED) is 0.511. The van der Waals surface area contributed by atoms with Crippen LogP contribution in [0.4, 0.5) is 0 Å². The van der Waals surface area contributed by atoms with Gasteiger partial charge < -0.3 is 14.6 Å². The van der Waals surface area contributed by atoms with Crippen molar-refractivity contribution in [1.29, 1.82) is 0 Å². The maximum Gasteiger partial charge on any atom is 0.244 e. The molecule has 3 aromatic carbocycles. The van der Waals surface area contributed by atoms with Crippen LogP contribution < -0.4 is 10.1 Å². The summed E-state index contributed by atoms with van der Waals surface area (Å²) in [6, 6.07) is 20.9. The second kappa shape index (κ2) is 7.68. The number of hydrogen-bond acceptors (Lipinski definition) is 5. The van der Waals surface area contributed by atoms with Gasteiger partial charge in [0, 0.05) is 5.56 Å². The second-order valence-corrected chi connectivity index (χ2v) is 7.60. The van der Waals surface area contributed by atoms with Gasteiger partial charge in [-0.05, 0) is 60.8 Å². The largest absolute Gasteiger partial charge is 0.489 e. The third-order valence-corrected chi connectivity index (χ3v) is 5.40. The first-order valence-electron chi connectivity index (χ1n) is 10.0. The van der Waals surface area contributed by atoms with Crippen molar-refractivity contribution >= 4 is 10.8 Å². The van der Waals surface area contributed by atoms with Gasteiger partial charge in [0.15, 0.2) is 0 Å². The van der Waals surface area contributed by atoms with Crippen LogP contribution in [-0.2, 0) is 6.61 Å². The first-order valence-corrected chi connectivity index (χ1v) is 10.0. The minimum Gasteiger partial charge on any atom is -0.489 e. The number of hydrogen-bond donors (Lipinski definition) is 1. The third kappa shape index (κ3) is 3.87. The monoisotopic (exact) mass is 385 g/mol. The molecule has 1 atom stereocenters. The summed E-state index contributed by atoms with van der Waals surface area (Å²) >= 11 is 0. The Bertz CT molecular complexity index is 1130. The van der Waals surface area contributed by atoms with Crippen molar-refractivity contribution in [2.24, 2.45) is 0 Å². The number of nitrogens with one attached hydrogen (secondary N) is 1. The van der Waals surface area contributed by atoms with E-state index in [4.69, 9.17) is 9.26 Å². The number of aryl methyl sites for hydroxylation is 1. The molecule has 146 valence electrons. The lowest BCUT2D eigenvalue weighted by atomic mass is 10.1. The van der Waals surface area contributed by atoms with Crippen LogP contribution in [0.15, 0.2) is 65.2 Å². The van der Waals surface area contributed by atoms with E-state index in [2.05, 4.69) is 70.9 Å². The third-order valence-electron chi connectivity index (χ3n) is 5.40. The van der Waals surface area contributed by atoms with Crippen LogP contribution in [0.1, 0.15) is 35.9 Å². The van der Waals surface area contributed by atoms with Crippen molar-refractivity contribution in [2.75, 3.05) is 6.54 Å². The van der Waals surface area contributed by atoms with E-state index in [-0.39, 0.29) is 6.04 Å². The van der Waals surface area contributed by atoms with Crippen LogP contribution in [-0.4, -0.2) is 16.7 Å².